The van der Waals surface area contributed by atoms with Crippen LogP contribution in [0.3, 0.4) is 0 Å². The van der Waals surface area contributed by atoms with Gasteiger partial charge in [0.25, 0.3) is 0 Å². The molecule has 0 bridgehead atoms. The van der Waals surface area contributed by atoms with Crippen molar-refractivity contribution in [2.45, 2.75) is 32.1 Å². The molecular formula is C8H14N4. The minimum Gasteiger partial charge on any atom is -0.382 e. The molecule has 4 nitrogen and oxygen atoms in total. The van der Waals surface area contributed by atoms with E-state index in [1.807, 2.05) is 6.92 Å². The number of hydrogen-bond donors (Lipinski definition) is 2. The Morgan fingerprint density at radius 3 is 2.67 bits per heavy atom. The second-order valence-corrected chi connectivity index (χ2v) is 3.30. The third kappa shape index (κ3) is 0.948. The van der Waals surface area contributed by atoms with Crippen LogP contribution in [0.1, 0.15) is 37.2 Å². The molecule has 1 heterocycles. The molecule has 66 valence electrons. The molecule has 4 N–H and O–H groups in total. The zero-order valence-electron chi connectivity index (χ0n) is 7.25. The summed E-state index contributed by atoms with van der Waals surface area (Å²) in [6.07, 6.45) is 3.27. The van der Waals surface area contributed by atoms with Gasteiger partial charge in [-0.2, -0.15) is 0 Å². The second-order valence-electron chi connectivity index (χ2n) is 3.30. The molecular weight excluding hydrogens is 152 g/mol. The summed E-state index contributed by atoms with van der Waals surface area (Å²) >= 11 is 0. The Bertz CT molecular complexity index is 298. The van der Waals surface area contributed by atoms with E-state index < -0.39 is 0 Å². The van der Waals surface area contributed by atoms with Gasteiger partial charge < -0.3 is 11.6 Å². The normalized spacial score (nSPS) is 16.8. The molecule has 1 aliphatic carbocycles. The van der Waals surface area contributed by atoms with Crippen LogP contribution in [0, 0.1) is 0 Å². The quantitative estimate of drug-likeness (QED) is 0.633. The van der Waals surface area contributed by atoms with Crippen LogP contribution in [0.4, 0.5) is 5.82 Å². The number of imidazole rings is 1. The fourth-order valence-electron chi connectivity index (χ4n) is 1.42. The summed E-state index contributed by atoms with van der Waals surface area (Å²) in [5, 5.41) is 0. The van der Waals surface area contributed by atoms with Crippen molar-refractivity contribution in [3.8, 4) is 0 Å². The summed E-state index contributed by atoms with van der Waals surface area (Å²) in [4.78, 5) is 4.40. The fourth-order valence-corrected chi connectivity index (χ4v) is 1.42. The van der Waals surface area contributed by atoms with Crippen LogP contribution in [-0.2, 0) is 6.42 Å². The van der Waals surface area contributed by atoms with E-state index in [-0.39, 0.29) is 0 Å². The summed E-state index contributed by atoms with van der Waals surface area (Å²) in [5.74, 6) is 7.82. The Morgan fingerprint density at radius 1 is 1.58 bits per heavy atom. The number of rotatable bonds is 2. The van der Waals surface area contributed by atoms with Gasteiger partial charge in [-0.05, 0) is 12.8 Å². The van der Waals surface area contributed by atoms with E-state index in [9.17, 15) is 0 Å². The molecule has 0 spiro atoms. The van der Waals surface area contributed by atoms with Gasteiger partial charge in [0.15, 0.2) is 0 Å². The van der Waals surface area contributed by atoms with Crippen LogP contribution < -0.4 is 11.6 Å². The lowest BCUT2D eigenvalue weighted by Gasteiger charge is -1.98. The van der Waals surface area contributed by atoms with Crippen molar-refractivity contribution in [2.24, 2.45) is 0 Å². The average molecular weight is 166 g/mol. The molecule has 2 rings (SSSR count). The van der Waals surface area contributed by atoms with E-state index in [1.165, 1.54) is 17.5 Å². The minimum absolute atomic E-state index is 0.583. The first-order valence-corrected chi connectivity index (χ1v) is 4.36. The Morgan fingerprint density at radius 2 is 2.25 bits per heavy atom. The van der Waals surface area contributed by atoms with Gasteiger partial charge in [-0.1, -0.05) is 6.92 Å². The molecule has 1 aromatic rings. The minimum atomic E-state index is 0.583. The fraction of sp³-hybridized carbons (Fsp3) is 0.625. The van der Waals surface area contributed by atoms with Gasteiger partial charge in [-0.3, -0.25) is 0 Å². The summed E-state index contributed by atoms with van der Waals surface area (Å²) < 4.78 is 1.51. The van der Waals surface area contributed by atoms with E-state index in [0.717, 1.165) is 17.9 Å². The van der Waals surface area contributed by atoms with Gasteiger partial charge in [-0.15, -0.1) is 0 Å². The molecule has 4 heteroatoms. The van der Waals surface area contributed by atoms with E-state index in [0.29, 0.717) is 11.7 Å². The van der Waals surface area contributed by atoms with Crippen LogP contribution >= 0.6 is 0 Å². The molecule has 1 aliphatic rings. The van der Waals surface area contributed by atoms with Crippen molar-refractivity contribution in [1.29, 1.82) is 0 Å². The third-order valence-electron chi connectivity index (χ3n) is 2.33. The number of nitrogens with two attached hydrogens (primary N) is 2. The smallest absolute Gasteiger partial charge is 0.146 e. The van der Waals surface area contributed by atoms with Crippen molar-refractivity contribution in [3.05, 3.63) is 11.5 Å². The van der Waals surface area contributed by atoms with Gasteiger partial charge in [0, 0.05) is 12.3 Å². The van der Waals surface area contributed by atoms with Crippen LogP contribution in [0.15, 0.2) is 0 Å². The molecule has 12 heavy (non-hydrogen) atoms. The Hall–Kier alpha value is -1.19. The molecule has 0 aromatic carbocycles. The largest absolute Gasteiger partial charge is 0.382 e. The molecule has 0 amide bonds. The lowest BCUT2D eigenvalue weighted by atomic mass is 10.3. The van der Waals surface area contributed by atoms with Crippen molar-refractivity contribution >= 4 is 5.82 Å². The molecule has 0 aliphatic heterocycles. The summed E-state index contributed by atoms with van der Waals surface area (Å²) in [7, 11) is 0. The van der Waals surface area contributed by atoms with E-state index >= 15 is 0 Å². The second kappa shape index (κ2) is 2.40. The first-order valence-electron chi connectivity index (χ1n) is 4.36. The zero-order valence-corrected chi connectivity index (χ0v) is 7.25. The first-order chi connectivity index (χ1) is 5.74. The topological polar surface area (TPSA) is 69.9 Å². The standard InChI is InChI=1S/C8H14N4/c1-2-6-11-7(5-3-4-5)8(9)12(6)10/h5H,2-4,9-10H2,1H3. The van der Waals surface area contributed by atoms with Crippen LogP contribution in [0.2, 0.25) is 0 Å². The van der Waals surface area contributed by atoms with Gasteiger partial charge in [0.05, 0.1) is 5.69 Å². The molecule has 0 radical (unpaired) electrons. The molecule has 1 aromatic heterocycles. The maximum Gasteiger partial charge on any atom is 0.146 e. The predicted octanol–water partition coefficient (Wildman–Crippen LogP) is 0.619. The van der Waals surface area contributed by atoms with E-state index in [1.54, 1.807) is 0 Å². The van der Waals surface area contributed by atoms with Crippen LogP contribution in [0.5, 0.6) is 0 Å². The van der Waals surface area contributed by atoms with Gasteiger partial charge in [0.1, 0.15) is 11.6 Å². The number of nitrogen functional groups attached to an aromatic ring is 2. The average Bonchev–Trinajstić information content (AvgIpc) is 2.84. The zero-order chi connectivity index (χ0) is 8.72. The number of aryl methyl sites for hydroxylation is 1. The van der Waals surface area contributed by atoms with Crippen molar-refractivity contribution in [3.63, 3.8) is 0 Å². The Balaban J connectivity index is 2.41. The molecule has 1 saturated carbocycles. The first kappa shape index (κ1) is 7.46. The van der Waals surface area contributed by atoms with Crippen molar-refractivity contribution < 1.29 is 0 Å². The van der Waals surface area contributed by atoms with Crippen LogP contribution in [-0.4, -0.2) is 9.66 Å². The number of nitrogens with zero attached hydrogens (tertiary/aromatic N) is 2. The Kier molecular flexibility index (Phi) is 1.49. The van der Waals surface area contributed by atoms with Gasteiger partial charge in [0.2, 0.25) is 0 Å². The predicted molar refractivity (Wildman–Crippen MR) is 48.1 cm³/mol. The van der Waals surface area contributed by atoms with E-state index in [2.05, 4.69) is 4.98 Å². The molecule has 0 atom stereocenters. The lowest BCUT2D eigenvalue weighted by molar-refractivity contribution is 0.862. The Labute approximate surface area is 71.5 Å². The monoisotopic (exact) mass is 166 g/mol. The summed E-state index contributed by atoms with van der Waals surface area (Å²) in [5.41, 5.74) is 6.80. The van der Waals surface area contributed by atoms with Gasteiger partial charge >= 0.3 is 0 Å². The highest BCUT2D eigenvalue weighted by molar-refractivity contribution is 5.42. The maximum atomic E-state index is 5.80. The van der Waals surface area contributed by atoms with Crippen molar-refractivity contribution in [2.75, 3.05) is 11.6 Å². The highest BCUT2D eigenvalue weighted by atomic mass is 15.4. The summed E-state index contributed by atoms with van der Waals surface area (Å²) in [6, 6.07) is 0. The van der Waals surface area contributed by atoms with Crippen molar-refractivity contribution in [1.82, 2.24) is 9.66 Å². The molecule has 0 saturated heterocycles. The molecule has 1 fully saturated rings. The molecule has 0 unspecified atom stereocenters. The lowest BCUT2D eigenvalue weighted by Crippen LogP contribution is -2.15. The number of hydrogen-bond acceptors (Lipinski definition) is 3. The highest BCUT2D eigenvalue weighted by Crippen LogP contribution is 2.41. The number of aromatic nitrogens is 2. The van der Waals surface area contributed by atoms with Crippen LogP contribution in [0.25, 0.3) is 0 Å². The third-order valence-corrected chi connectivity index (χ3v) is 2.33. The van der Waals surface area contributed by atoms with E-state index in [4.69, 9.17) is 11.6 Å². The summed E-state index contributed by atoms with van der Waals surface area (Å²) in [6.45, 7) is 2.03. The maximum absolute atomic E-state index is 5.80. The van der Waals surface area contributed by atoms with Gasteiger partial charge in [-0.25, -0.2) is 9.66 Å². The highest BCUT2D eigenvalue weighted by Gasteiger charge is 2.29. The number of anilines is 1. The SMILES string of the molecule is CCc1nc(C2CC2)c(N)n1N.